The third kappa shape index (κ3) is 3.36. The topological polar surface area (TPSA) is 79.2 Å². The van der Waals surface area contributed by atoms with Gasteiger partial charge in [0.25, 0.3) is 5.91 Å². The van der Waals surface area contributed by atoms with E-state index < -0.39 is 36.7 Å². The molecule has 0 radical (unpaired) electrons. The van der Waals surface area contributed by atoms with Crippen LogP contribution in [0.3, 0.4) is 0 Å². The number of halogens is 3. The van der Waals surface area contributed by atoms with Crippen molar-refractivity contribution in [3.63, 3.8) is 0 Å². The molecule has 1 heterocycles. The molecule has 1 aliphatic carbocycles. The van der Waals surface area contributed by atoms with Gasteiger partial charge >= 0.3 is 12.1 Å². The van der Waals surface area contributed by atoms with Crippen LogP contribution in [0.2, 0.25) is 0 Å². The highest BCUT2D eigenvalue weighted by Gasteiger charge is 2.44. The van der Waals surface area contributed by atoms with E-state index >= 15 is 0 Å². The minimum atomic E-state index is -4.49. The minimum absolute atomic E-state index is 0.310. The van der Waals surface area contributed by atoms with E-state index in [2.05, 4.69) is 9.99 Å². The number of oxime groups is 1. The van der Waals surface area contributed by atoms with Gasteiger partial charge in [0.1, 0.15) is 6.54 Å². The second-order valence-electron chi connectivity index (χ2n) is 4.45. The predicted molar refractivity (Wildman–Crippen MR) is 55.4 cm³/mol. The fraction of sp³-hybridized carbons (Fsp3) is 0.700. The molecule has 1 saturated carbocycles. The van der Waals surface area contributed by atoms with Crippen molar-refractivity contribution in [2.24, 2.45) is 5.16 Å². The second-order valence-corrected chi connectivity index (χ2v) is 4.45. The van der Waals surface area contributed by atoms with Crippen molar-refractivity contribution in [3.8, 4) is 0 Å². The summed E-state index contributed by atoms with van der Waals surface area (Å²) in [6.45, 7) is -1.35. The number of carboxylic acids is 1. The molecule has 6 nitrogen and oxygen atoms in total. The molecule has 1 N–H and O–H groups in total. The smallest absolute Gasteiger partial charge is 0.406 e. The molecule has 9 heteroatoms. The van der Waals surface area contributed by atoms with Gasteiger partial charge in [0.2, 0.25) is 6.10 Å². The third-order valence-corrected chi connectivity index (χ3v) is 2.81. The average Bonchev–Trinajstić information content (AvgIpc) is 3.00. The molecule has 0 aromatic rings. The monoisotopic (exact) mass is 280 g/mol. The average molecular weight is 280 g/mol. The van der Waals surface area contributed by atoms with Gasteiger partial charge in [-0.2, -0.15) is 13.2 Å². The summed E-state index contributed by atoms with van der Waals surface area (Å²) in [5, 5.41) is 11.8. The molecule has 2 rings (SSSR count). The van der Waals surface area contributed by atoms with E-state index in [9.17, 15) is 22.8 Å². The summed E-state index contributed by atoms with van der Waals surface area (Å²) in [5.41, 5.74) is -0.360. The quantitative estimate of drug-likeness (QED) is 0.825. The molecular weight excluding hydrogens is 269 g/mol. The van der Waals surface area contributed by atoms with Gasteiger partial charge < -0.3 is 14.8 Å². The Labute approximate surface area is 105 Å². The van der Waals surface area contributed by atoms with Crippen LogP contribution in [0.5, 0.6) is 0 Å². The summed E-state index contributed by atoms with van der Waals surface area (Å²) < 4.78 is 37.2. The maximum absolute atomic E-state index is 12.4. The van der Waals surface area contributed by atoms with Crippen LogP contribution in [0, 0.1) is 0 Å². The molecule has 2 aliphatic rings. The van der Waals surface area contributed by atoms with E-state index in [-0.39, 0.29) is 12.1 Å². The highest BCUT2D eigenvalue weighted by Crippen LogP contribution is 2.31. The van der Waals surface area contributed by atoms with Crippen LogP contribution in [0.15, 0.2) is 5.16 Å². The number of hydrogen-bond acceptors (Lipinski definition) is 4. The van der Waals surface area contributed by atoms with Crippen molar-refractivity contribution in [3.05, 3.63) is 0 Å². The van der Waals surface area contributed by atoms with Crippen LogP contribution < -0.4 is 0 Å². The Kier molecular flexibility index (Phi) is 3.38. The van der Waals surface area contributed by atoms with E-state index in [1.54, 1.807) is 0 Å². The van der Waals surface area contributed by atoms with Gasteiger partial charge in [0, 0.05) is 12.5 Å². The predicted octanol–water partition coefficient (Wildman–Crippen LogP) is 0.769. The second kappa shape index (κ2) is 4.71. The maximum atomic E-state index is 12.4. The maximum Gasteiger partial charge on any atom is 0.406 e. The summed E-state index contributed by atoms with van der Waals surface area (Å²) >= 11 is 0. The highest BCUT2D eigenvalue weighted by molar-refractivity contribution is 6.36. The minimum Gasteiger partial charge on any atom is -0.477 e. The molecule has 0 aromatic heterocycles. The van der Waals surface area contributed by atoms with Gasteiger partial charge in [-0.05, 0) is 12.8 Å². The van der Waals surface area contributed by atoms with Gasteiger partial charge in [-0.3, -0.25) is 4.79 Å². The molecule has 1 amide bonds. The highest BCUT2D eigenvalue weighted by atomic mass is 19.4. The summed E-state index contributed by atoms with van der Waals surface area (Å²) in [6.07, 6.45) is -5.04. The molecule has 1 aliphatic heterocycles. The van der Waals surface area contributed by atoms with Crippen molar-refractivity contribution in [1.29, 1.82) is 0 Å². The van der Waals surface area contributed by atoms with Gasteiger partial charge in [-0.1, -0.05) is 5.16 Å². The first-order valence-corrected chi connectivity index (χ1v) is 5.61. The van der Waals surface area contributed by atoms with E-state index in [4.69, 9.17) is 5.11 Å². The summed E-state index contributed by atoms with van der Waals surface area (Å²) in [4.78, 5) is 27.8. The third-order valence-electron chi connectivity index (χ3n) is 2.81. The van der Waals surface area contributed by atoms with Crippen molar-refractivity contribution in [2.75, 3.05) is 6.54 Å². The fourth-order valence-corrected chi connectivity index (χ4v) is 1.79. The number of rotatable bonds is 4. The first-order chi connectivity index (χ1) is 8.78. The number of amides is 1. The molecule has 0 aromatic carbocycles. The Bertz CT molecular complexity index is 431. The Morgan fingerprint density at radius 1 is 1.42 bits per heavy atom. The lowest BCUT2D eigenvalue weighted by Crippen LogP contribution is -2.45. The molecule has 1 atom stereocenters. The number of hydrogen-bond donors (Lipinski definition) is 1. The summed E-state index contributed by atoms with van der Waals surface area (Å²) in [6, 6.07) is -0.438. The number of carboxylic acid groups (broad SMARTS) is 1. The Balaban J connectivity index is 2.00. The van der Waals surface area contributed by atoms with Crippen LogP contribution in [0.4, 0.5) is 13.2 Å². The van der Waals surface area contributed by atoms with Crippen LogP contribution >= 0.6 is 0 Å². The first-order valence-electron chi connectivity index (χ1n) is 5.61. The molecule has 0 saturated heterocycles. The number of alkyl halides is 3. The number of carbonyl (C=O) groups excluding carboxylic acids is 1. The van der Waals surface area contributed by atoms with Crippen LogP contribution in [-0.4, -0.2) is 52.5 Å². The molecule has 0 bridgehead atoms. The van der Waals surface area contributed by atoms with Gasteiger partial charge in [-0.25, -0.2) is 4.79 Å². The van der Waals surface area contributed by atoms with E-state index in [1.165, 1.54) is 0 Å². The zero-order chi connectivity index (χ0) is 14.2. The van der Waals surface area contributed by atoms with Crippen molar-refractivity contribution in [2.45, 2.75) is 37.6 Å². The van der Waals surface area contributed by atoms with E-state index in [1.807, 2.05) is 0 Å². The Hall–Kier alpha value is -1.80. The molecule has 1 unspecified atom stereocenters. The van der Waals surface area contributed by atoms with Crippen molar-refractivity contribution < 1.29 is 32.7 Å². The number of carbonyl (C=O) groups is 2. The van der Waals surface area contributed by atoms with E-state index in [0.29, 0.717) is 17.7 Å². The van der Waals surface area contributed by atoms with Crippen molar-refractivity contribution >= 4 is 17.6 Å². The number of aliphatic carboxylic acids is 1. The lowest BCUT2D eigenvalue weighted by molar-refractivity contribution is -0.168. The first kappa shape index (κ1) is 13.6. The molecule has 106 valence electrons. The lowest BCUT2D eigenvalue weighted by atomic mass is 10.1. The summed E-state index contributed by atoms with van der Waals surface area (Å²) in [7, 11) is 0. The zero-order valence-corrected chi connectivity index (χ0v) is 9.68. The van der Waals surface area contributed by atoms with Gasteiger partial charge in [0.05, 0.1) is 0 Å². The SMILES string of the molecule is O=C(O)C1=NOC(C(=O)N(CC(F)(F)F)C2CC2)C1. The number of nitrogens with zero attached hydrogens (tertiary/aromatic N) is 2. The Morgan fingerprint density at radius 3 is 2.47 bits per heavy atom. The molecule has 1 fully saturated rings. The normalized spacial score (nSPS) is 22.7. The largest absolute Gasteiger partial charge is 0.477 e. The fourth-order valence-electron chi connectivity index (χ4n) is 1.79. The Morgan fingerprint density at radius 2 is 2.05 bits per heavy atom. The lowest BCUT2D eigenvalue weighted by Gasteiger charge is -2.25. The summed E-state index contributed by atoms with van der Waals surface area (Å²) in [5.74, 6) is -2.20. The zero-order valence-electron chi connectivity index (χ0n) is 9.68. The van der Waals surface area contributed by atoms with Crippen LogP contribution in [0.25, 0.3) is 0 Å². The van der Waals surface area contributed by atoms with Gasteiger partial charge in [0.15, 0.2) is 5.71 Å². The van der Waals surface area contributed by atoms with Gasteiger partial charge in [-0.15, -0.1) is 0 Å². The molecule has 19 heavy (non-hydrogen) atoms. The van der Waals surface area contributed by atoms with E-state index in [0.717, 1.165) is 0 Å². The molecular formula is C10H11F3N2O4. The van der Waals surface area contributed by atoms with Crippen molar-refractivity contribution in [1.82, 2.24) is 4.90 Å². The van der Waals surface area contributed by atoms with Crippen LogP contribution in [-0.2, 0) is 14.4 Å². The van der Waals surface area contributed by atoms with Crippen LogP contribution in [0.1, 0.15) is 19.3 Å². The standard InChI is InChI=1S/C10H11F3N2O4/c11-10(12,13)4-15(5-1-2-5)8(16)7-3-6(9(17)18)14-19-7/h5,7H,1-4H2,(H,17,18). The molecule has 0 spiro atoms.